The molecule has 3 aliphatic rings. The topological polar surface area (TPSA) is 54.5 Å². The Morgan fingerprint density at radius 1 is 1.26 bits per heavy atom. The quantitative estimate of drug-likeness (QED) is 0.940. The van der Waals surface area contributed by atoms with Gasteiger partial charge in [-0.1, -0.05) is 17.4 Å². The second kappa shape index (κ2) is 6.29. The zero-order valence-corrected chi connectivity index (χ0v) is 13.6. The van der Waals surface area contributed by atoms with Gasteiger partial charge < -0.3 is 15.0 Å². The smallest absolute Gasteiger partial charge is 0.399 e. The van der Waals surface area contributed by atoms with Gasteiger partial charge in [0.05, 0.1) is 10.6 Å². The van der Waals surface area contributed by atoms with Crippen LogP contribution in [0.1, 0.15) is 12.8 Å². The number of amides is 1. The summed E-state index contributed by atoms with van der Waals surface area (Å²) in [4.78, 5) is 19.9. The molecule has 0 unspecified atom stereocenters. The van der Waals surface area contributed by atoms with Gasteiger partial charge in [0.1, 0.15) is 0 Å². The molecule has 2 aromatic rings. The molecule has 0 saturated carbocycles. The Hall–Kier alpha value is -1.92. The molecule has 1 atom stereocenters. The van der Waals surface area contributed by atoms with Crippen molar-refractivity contribution in [2.75, 3.05) is 19.6 Å². The Morgan fingerprint density at radius 2 is 2.13 bits per heavy atom. The maximum absolute atomic E-state index is 12.1. The molecule has 0 spiro atoms. The van der Waals surface area contributed by atoms with Gasteiger partial charge in [0.2, 0.25) is 0 Å². The van der Waals surface area contributed by atoms with E-state index in [4.69, 9.17) is 4.74 Å². The van der Waals surface area contributed by atoms with Crippen molar-refractivity contribution in [3.63, 3.8) is 0 Å². The largest absolute Gasteiger partial charge is 0.413 e. The molecule has 1 amide bonds. The predicted molar refractivity (Wildman–Crippen MR) is 89.7 cm³/mol. The van der Waals surface area contributed by atoms with Crippen molar-refractivity contribution in [2.45, 2.75) is 18.9 Å². The standard InChI is InChI=1S/C17H19N3O2S/c21-17(19-14-11-20-9-6-12(14)7-10-20)22-16-5-4-15(23-16)13-3-1-2-8-18-13/h1-5,8,12,14H,6-7,9-11H2,(H,19,21)/t14-/m0/s1. The Balaban J connectivity index is 1.37. The zero-order valence-electron chi connectivity index (χ0n) is 12.8. The Labute approximate surface area is 139 Å². The molecule has 5 rings (SSSR count). The normalized spacial score (nSPS) is 26.0. The van der Waals surface area contributed by atoms with E-state index in [-0.39, 0.29) is 12.1 Å². The van der Waals surface area contributed by atoms with Crippen molar-refractivity contribution < 1.29 is 9.53 Å². The van der Waals surface area contributed by atoms with Gasteiger partial charge in [0, 0.05) is 18.8 Å². The minimum Gasteiger partial charge on any atom is -0.399 e. The molecular weight excluding hydrogens is 310 g/mol. The molecule has 0 aliphatic carbocycles. The maximum Gasteiger partial charge on any atom is 0.413 e. The van der Waals surface area contributed by atoms with Gasteiger partial charge in [0.25, 0.3) is 0 Å². The van der Waals surface area contributed by atoms with E-state index >= 15 is 0 Å². The van der Waals surface area contributed by atoms with Crippen LogP contribution in [0.4, 0.5) is 4.79 Å². The second-order valence-corrected chi connectivity index (χ2v) is 7.16. The fourth-order valence-electron chi connectivity index (χ4n) is 3.42. The molecule has 3 saturated heterocycles. The van der Waals surface area contributed by atoms with Crippen LogP contribution in [0.15, 0.2) is 36.5 Å². The summed E-state index contributed by atoms with van der Waals surface area (Å²) >= 11 is 1.44. The summed E-state index contributed by atoms with van der Waals surface area (Å²) in [5.74, 6) is 0.597. The van der Waals surface area contributed by atoms with Gasteiger partial charge in [-0.25, -0.2) is 4.79 Å². The number of carbonyl (C=O) groups excluding carboxylic acids is 1. The first kappa shape index (κ1) is 14.7. The number of pyridine rings is 1. The molecule has 3 aliphatic heterocycles. The van der Waals surface area contributed by atoms with Crippen molar-refractivity contribution in [1.29, 1.82) is 0 Å². The lowest BCUT2D eigenvalue weighted by molar-refractivity contribution is 0.0726. The highest BCUT2D eigenvalue weighted by Gasteiger charge is 2.35. The number of piperidine rings is 3. The Morgan fingerprint density at radius 3 is 2.83 bits per heavy atom. The lowest BCUT2D eigenvalue weighted by Crippen LogP contribution is -2.57. The molecule has 0 radical (unpaired) electrons. The van der Waals surface area contributed by atoms with Crippen molar-refractivity contribution >= 4 is 17.4 Å². The molecule has 23 heavy (non-hydrogen) atoms. The highest BCUT2D eigenvalue weighted by molar-refractivity contribution is 7.17. The number of nitrogens with one attached hydrogen (secondary N) is 1. The SMILES string of the molecule is O=C(N[C@H]1CN2CCC1CC2)Oc1ccc(-c2ccccn2)s1. The van der Waals surface area contributed by atoms with E-state index < -0.39 is 0 Å². The van der Waals surface area contributed by atoms with Gasteiger partial charge in [-0.3, -0.25) is 4.98 Å². The third kappa shape index (κ3) is 3.23. The average Bonchev–Trinajstić information content (AvgIpc) is 3.05. The minimum atomic E-state index is -0.349. The van der Waals surface area contributed by atoms with Crippen molar-refractivity contribution in [3.05, 3.63) is 36.5 Å². The molecule has 2 aromatic heterocycles. The van der Waals surface area contributed by atoms with Gasteiger partial charge in [-0.2, -0.15) is 0 Å². The Kier molecular flexibility index (Phi) is 4.01. The molecule has 0 aromatic carbocycles. The van der Waals surface area contributed by atoms with E-state index in [1.807, 2.05) is 30.3 Å². The van der Waals surface area contributed by atoms with Crippen molar-refractivity contribution in [1.82, 2.24) is 15.2 Å². The fourth-order valence-corrected chi connectivity index (χ4v) is 4.25. The maximum atomic E-state index is 12.1. The van der Waals surface area contributed by atoms with Gasteiger partial charge in [-0.15, -0.1) is 0 Å². The number of fused-ring (bicyclic) bond motifs is 3. The number of ether oxygens (including phenoxy) is 1. The molecule has 2 bridgehead atoms. The number of carbonyl (C=O) groups is 1. The van der Waals surface area contributed by atoms with Crippen LogP contribution in [0.25, 0.3) is 10.6 Å². The summed E-state index contributed by atoms with van der Waals surface area (Å²) in [5.41, 5.74) is 0.894. The summed E-state index contributed by atoms with van der Waals surface area (Å²) < 4.78 is 5.45. The fraction of sp³-hybridized carbons (Fsp3) is 0.412. The van der Waals surface area contributed by atoms with Crippen LogP contribution < -0.4 is 10.1 Å². The monoisotopic (exact) mass is 329 g/mol. The van der Waals surface area contributed by atoms with Crippen LogP contribution in [-0.2, 0) is 0 Å². The summed E-state index contributed by atoms with van der Waals surface area (Å²) in [7, 11) is 0. The highest BCUT2D eigenvalue weighted by atomic mass is 32.1. The van der Waals surface area contributed by atoms with Crippen LogP contribution in [-0.4, -0.2) is 41.7 Å². The molecule has 120 valence electrons. The first-order valence-electron chi connectivity index (χ1n) is 8.00. The van der Waals surface area contributed by atoms with E-state index in [1.54, 1.807) is 6.20 Å². The molecule has 3 fully saturated rings. The Bertz CT molecular complexity index is 680. The van der Waals surface area contributed by atoms with Gasteiger partial charge in [0.15, 0.2) is 5.06 Å². The summed E-state index contributed by atoms with van der Waals surface area (Å²) in [6.07, 6.45) is 3.76. The highest BCUT2D eigenvalue weighted by Crippen LogP contribution is 2.32. The van der Waals surface area contributed by atoms with E-state index in [9.17, 15) is 4.79 Å². The molecule has 6 heteroatoms. The van der Waals surface area contributed by atoms with Crippen molar-refractivity contribution in [2.24, 2.45) is 5.92 Å². The lowest BCUT2D eigenvalue weighted by Gasteiger charge is -2.44. The van der Waals surface area contributed by atoms with Gasteiger partial charge >= 0.3 is 6.09 Å². The van der Waals surface area contributed by atoms with Crippen LogP contribution in [0, 0.1) is 5.92 Å². The van der Waals surface area contributed by atoms with E-state index in [0.717, 1.165) is 30.2 Å². The first-order valence-corrected chi connectivity index (χ1v) is 8.81. The number of aromatic nitrogens is 1. The first-order chi connectivity index (χ1) is 11.3. The van der Waals surface area contributed by atoms with Crippen LogP contribution >= 0.6 is 11.3 Å². The molecule has 5 heterocycles. The predicted octanol–water partition coefficient (Wildman–Crippen LogP) is 2.99. The number of rotatable bonds is 3. The molecule has 5 nitrogen and oxygen atoms in total. The zero-order chi connectivity index (χ0) is 15.6. The summed E-state index contributed by atoms with van der Waals surface area (Å²) in [6.45, 7) is 3.27. The number of hydrogen-bond donors (Lipinski definition) is 1. The number of hydrogen-bond acceptors (Lipinski definition) is 5. The average molecular weight is 329 g/mol. The third-order valence-corrected chi connectivity index (χ3v) is 5.64. The van der Waals surface area contributed by atoms with Gasteiger partial charge in [-0.05, 0) is 56.1 Å². The van der Waals surface area contributed by atoms with E-state index in [2.05, 4.69) is 15.2 Å². The minimum absolute atomic E-state index is 0.222. The summed E-state index contributed by atoms with van der Waals surface area (Å²) in [6, 6.07) is 9.76. The summed E-state index contributed by atoms with van der Waals surface area (Å²) in [5, 5.41) is 3.64. The van der Waals surface area contributed by atoms with Crippen LogP contribution in [0.2, 0.25) is 0 Å². The molecular formula is C17H19N3O2S. The van der Waals surface area contributed by atoms with Crippen molar-refractivity contribution in [3.8, 4) is 15.6 Å². The lowest BCUT2D eigenvalue weighted by atomic mass is 9.84. The van der Waals surface area contributed by atoms with Crippen LogP contribution in [0.3, 0.4) is 0 Å². The molecule has 1 N–H and O–H groups in total. The number of thiophene rings is 1. The van der Waals surface area contributed by atoms with E-state index in [0.29, 0.717) is 11.0 Å². The number of nitrogens with zero attached hydrogens (tertiary/aromatic N) is 2. The van der Waals surface area contributed by atoms with Crippen LogP contribution in [0.5, 0.6) is 5.06 Å². The van der Waals surface area contributed by atoms with E-state index in [1.165, 1.54) is 24.2 Å². The second-order valence-electron chi connectivity index (χ2n) is 6.11. The third-order valence-electron chi connectivity index (χ3n) is 4.65.